The van der Waals surface area contributed by atoms with E-state index in [0.717, 1.165) is 28.5 Å². The van der Waals surface area contributed by atoms with Gasteiger partial charge in [-0.25, -0.2) is 0 Å². The third kappa shape index (κ3) is 2.09. The molecule has 0 spiro atoms. The summed E-state index contributed by atoms with van der Waals surface area (Å²) in [5, 5.41) is 1.07. The van der Waals surface area contributed by atoms with Crippen LogP contribution in [-0.2, 0) is 22.5 Å². The second kappa shape index (κ2) is 4.91. The van der Waals surface area contributed by atoms with Crippen LogP contribution in [0.1, 0.15) is 21.6 Å². The number of methoxy groups -OCH3 is 1. The molecule has 0 N–H and O–H groups in total. The SMILES string of the molecule is COC(=O)Cn1c2c(c3cc(C)ccc31)CCN(C)C2=O. The number of rotatable bonds is 2. The maximum absolute atomic E-state index is 12.5. The molecule has 1 aliphatic rings. The minimum absolute atomic E-state index is 0.0333. The van der Waals surface area contributed by atoms with Crippen molar-refractivity contribution in [3.8, 4) is 0 Å². The monoisotopic (exact) mass is 286 g/mol. The van der Waals surface area contributed by atoms with Crippen LogP contribution in [0.2, 0.25) is 0 Å². The highest BCUT2D eigenvalue weighted by Crippen LogP contribution is 2.31. The Labute approximate surface area is 123 Å². The first-order valence-electron chi connectivity index (χ1n) is 6.97. The lowest BCUT2D eigenvalue weighted by Gasteiger charge is -2.24. The van der Waals surface area contributed by atoms with E-state index < -0.39 is 0 Å². The van der Waals surface area contributed by atoms with Gasteiger partial charge >= 0.3 is 5.97 Å². The van der Waals surface area contributed by atoms with E-state index in [-0.39, 0.29) is 18.4 Å². The first-order chi connectivity index (χ1) is 10.0. The molecule has 1 amide bonds. The Morgan fingerprint density at radius 3 is 2.86 bits per heavy atom. The van der Waals surface area contributed by atoms with Crippen molar-refractivity contribution in [2.24, 2.45) is 0 Å². The zero-order chi connectivity index (χ0) is 15.1. The summed E-state index contributed by atoms with van der Waals surface area (Å²) >= 11 is 0. The summed E-state index contributed by atoms with van der Waals surface area (Å²) in [6.45, 7) is 2.79. The molecule has 1 aromatic heterocycles. The van der Waals surface area contributed by atoms with Crippen molar-refractivity contribution in [2.45, 2.75) is 19.9 Å². The van der Waals surface area contributed by atoms with Crippen molar-refractivity contribution in [3.63, 3.8) is 0 Å². The van der Waals surface area contributed by atoms with Gasteiger partial charge in [-0.05, 0) is 31.0 Å². The van der Waals surface area contributed by atoms with Gasteiger partial charge in [0.15, 0.2) is 0 Å². The van der Waals surface area contributed by atoms with E-state index in [1.165, 1.54) is 7.11 Å². The molecule has 0 bridgehead atoms. The zero-order valence-corrected chi connectivity index (χ0v) is 12.5. The lowest BCUT2D eigenvalue weighted by molar-refractivity contribution is -0.141. The molecule has 1 aliphatic heterocycles. The van der Waals surface area contributed by atoms with Gasteiger partial charge in [0.25, 0.3) is 5.91 Å². The maximum Gasteiger partial charge on any atom is 0.325 e. The predicted octanol–water partition coefficient (Wildman–Crippen LogP) is 1.75. The van der Waals surface area contributed by atoms with Crippen LogP contribution in [0.3, 0.4) is 0 Å². The highest BCUT2D eigenvalue weighted by molar-refractivity contribution is 6.03. The van der Waals surface area contributed by atoms with Crippen molar-refractivity contribution in [2.75, 3.05) is 20.7 Å². The van der Waals surface area contributed by atoms with E-state index in [2.05, 4.69) is 6.07 Å². The lowest BCUT2D eigenvalue weighted by Crippen LogP contribution is -2.36. The topological polar surface area (TPSA) is 51.5 Å². The molecule has 0 atom stereocenters. The number of amides is 1. The van der Waals surface area contributed by atoms with Crippen molar-refractivity contribution < 1.29 is 14.3 Å². The Bertz CT molecular complexity index is 746. The third-order valence-corrected chi connectivity index (χ3v) is 4.09. The Kier molecular flexibility index (Phi) is 3.20. The number of nitrogens with zero attached hydrogens (tertiary/aromatic N) is 2. The molecule has 1 aromatic carbocycles. The van der Waals surface area contributed by atoms with Gasteiger partial charge in [0.1, 0.15) is 12.2 Å². The Morgan fingerprint density at radius 1 is 1.38 bits per heavy atom. The lowest BCUT2D eigenvalue weighted by atomic mass is 10.0. The van der Waals surface area contributed by atoms with Gasteiger partial charge in [-0.2, -0.15) is 0 Å². The third-order valence-electron chi connectivity index (χ3n) is 4.09. The number of aromatic nitrogens is 1. The number of hydrogen-bond acceptors (Lipinski definition) is 3. The van der Waals surface area contributed by atoms with Crippen molar-refractivity contribution >= 4 is 22.8 Å². The smallest absolute Gasteiger partial charge is 0.325 e. The summed E-state index contributed by atoms with van der Waals surface area (Å²) in [7, 11) is 3.15. The van der Waals surface area contributed by atoms with Crippen molar-refractivity contribution in [1.29, 1.82) is 0 Å². The maximum atomic E-state index is 12.5. The van der Waals surface area contributed by atoms with Crippen LogP contribution in [0.25, 0.3) is 10.9 Å². The van der Waals surface area contributed by atoms with Crippen LogP contribution in [-0.4, -0.2) is 42.0 Å². The van der Waals surface area contributed by atoms with Crippen LogP contribution < -0.4 is 0 Å². The van der Waals surface area contributed by atoms with Gasteiger partial charge in [-0.15, -0.1) is 0 Å². The van der Waals surface area contributed by atoms with E-state index >= 15 is 0 Å². The van der Waals surface area contributed by atoms with Crippen molar-refractivity contribution in [1.82, 2.24) is 9.47 Å². The molecule has 0 radical (unpaired) electrons. The Morgan fingerprint density at radius 2 is 2.14 bits per heavy atom. The number of fused-ring (bicyclic) bond motifs is 3. The molecule has 0 unspecified atom stereocenters. The highest BCUT2D eigenvalue weighted by Gasteiger charge is 2.29. The van der Waals surface area contributed by atoms with E-state index in [0.29, 0.717) is 12.2 Å². The molecule has 110 valence electrons. The highest BCUT2D eigenvalue weighted by atomic mass is 16.5. The summed E-state index contributed by atoms with van der Waals surface area (Å²) in [6.07, 6.45) is 0.811. The molecular weight excluding hydrogens is 268 g/mol. The Balaban J connectivity index is 2.28. The van der Waals surface area contributed by atoms with E-state index in [1.54, 1.807) is 16.5 Å². The molecule has 21 heavy (non-hydrogen) atoms. The molecule has 5 nitrogen and oxygen atoms in total. The minimum atomic E-state index is -0.351. The van der Waals surface area contributed by atoms with Gasteiger partial charge < -0.3 is 14.2 Å². The van der Waals surface area contributed by atoms with E-state index in [9.17, 15) is 9.59 Å². The van der Waals surface area contributed by atoms with Gasteiger partial charge in [-0.3, -0.25) is 9.59 Å². The summed E-state index contributed by atoms with van der Waals surface area (Å²) in [6, 6.07) is 6.05. The van der Waals surface area contributed by atoms with Crippen LogP contribution >= 0.6 is 0 Å². The fraction of sp³-hybridized carbons (Fsp3) is 0.375. The number of hydrogen-bond donors (Lipinski definition) is 0. The average Bonchev–Trinajstić information content (AvgIpc) is 2.77. The Hall–Kier alpha value is -2.30. The summed E-state index contributed by atoms with van der Waals surface area (Å²) in [4.78, 5) is 25.9. The van der Waals surface area contributed by atoms with Crippen LogP contribution in [0.5, 0.6) is 0 Å². The number of aryl methyl sites for hydroxylation is 1. The molecular formula is C16H18N2O3. The fourth-order valence-electron chi connectivity index (χ4n) is 2.96. The summed E-state index contributed by atoms with van der Waals surface area (Å²) in [5.74, 6) is -0.384. The summed E-state index contributed by atoms with van der Waals surface area (Å²) in [5.41, 5.74) is 3.72. The number of carbonyl (C=O) groups is 2. The first kappa shape index (κ1) is 13.7. The fourth-order valence-corrected chi connectivity index (χ4v) is 2.96. The van der Waals surface area contributed by atoms with E-state index in [4.69, 9.17) is 4.74 Å². The zero-order valence-electron chi connectivity index (χ0n) is 12.5. The number of carbonyl (C=O) groups excluding carboxylic acids is 2. The standard InChI is InChI=1S/C16H18N2O3/c1-10-4-5-13-12(8-10)11-6-7-17(2)16(20)15(11)18(13)9-14(19)21-3/h4-5,8H,6-7,9H2,1-3H3. The quantitative estimate of drug-likeness (QED) is 0.790. The number of benzene rings is 1. The normalized spacial score (nSPS) is 14.4. The van der Waals surface area contributed by atoms with Gasteiger partial charge in [0.2, 0.25) is 0 Å². The second-order valence-corrected chi connectivity index (χ2v) is 5.49. The van der Waals surface area contributed by atoms with Gasteiger partial charge in [0.05, 0.1) is 7.11 Å². The van der Waals surface area contributed by atoms with Crippen LogP contribution in [0.4, 0.5) is 0 Å². The molecule has 5 heteroatoms. The second-order valence-electron chi connectivity index (χ2n) is 5.49. The molecule has 0 aliphatic carbocycles. The predicted molar refractivity (Wildman–Crippen MR) is 79.4 cm³/mol. The number of esters is 1. The van der Waals surface area contributed by atoms with Gasteiger partial charge in [0, 0.05) is 24.5 Å². The van der Waals surface area contributed by atoms with Crippen LogP contribution in [0.15, 0.2) is 18.2 Å². The molecule has 3 rings (SSSR count). The molecule has 2 aromatic rings. The van der Waals surface area contributed by atoms with E-state index in [1.807, 2.05) is 19.1 Å². The average molecular weight is 286 g/mol. The number of ether oxygens (including phenoxy) is 1. The number of likely N-dealkylation sites (N-methyl/N-ethyl adjacent to an activating group) is 1. The van der Waals surface area contributed by atoms with Gasteiger partial charge in [-0.1, -0.05) is 11.6 Å². The molecule has 0 fully saturated rings. The van der Waals surface area contributed by atoms with Crippen molar-refractivity contribution in [3.05, 3.63) is 35.0 Å². The molecule has 0 saturated carbocycles. The first-order valence-corrected chi connectivity index (χ1v) is 6.97. The van der Waals surface area contributed by atoms with Crippen LogP contribution in [0, 0.1) is 6.92 Å². The molecule has 0 saturated heterocycles. The minimum Gasteiger partial charge on any atom is -0.468 e. The largest absolute Gasteiger partial charge is 0.468 e. The summed E-state index contributed by atoms with van der Waals surface area (Å²) < 4.78 is 6.55. The molecule has 2 heterocycles.